The minimum atomic E-state index is -2.40. The number of benzene rings is 1. The summed E-state index contributed by atoms with van der Waals surface area (Å²) in [4.78, 5) is 54.4. The molecule has 14 heteroatoms. The number of rotatable bonds is 29. The van der Waals surface area contributed by atoms with Gasteiger partial charge in [0.15, 0.2) is 26.3 Å². The number of aliphatic hydroxyl groups is 1. The summed E-state index contributed by atoms with van der Waals surface area (Å²) in [5.41, 5.74) is -2.77. The normalized spacial score (nSPS) is 15.9. The van der Waals surface area contributed by atoms with Gasteiger partial charge in [0.05, 0.1) is 26.2 Å². The highest BCUT2D eigenvalue weighted by Crippen LogP contribution is 2.38. The van der Waals surface area contributed by atoms with Crippen LogP contribution in [-0.2, 0) is 53.7 Å². The summed E-state index contributed by atoms with van der Waals surface area (Å²) in [5.74, 6) is 0.670. The third kappa shape index (κ3) is 20.2. The van der Waals surface area contributed by atoms with E-state index < -0.39 is 67.7 Å². The van der Waals surface area contributed by atoms with Gasteiger partial charge in [-0.2, -0.15) is 0 Å². The molecule has 362 valence electrons. The lowest BCUT2D eigenvalue weighted by Gasteiger charge is -2.38. The van der Waals surface area contributed by atoms with E-state index in [1.54, 1.807) is 58.0 Å². The molecule has 1 aromatic carbocycles. The molecule has 2 rings (SSSR count). The van der Waals surface area contributed by atoms with Crippen LogP contribution in [0.1, 0.15) is 144 Å². The predicted molar refractivity (Wildman–Crippen MR) is 251 cm³/mol. The Bertz CT molecular complexity index is 1660. The molecule has 0 aromatic heterocycles. The zero-order chi connectivity index (χ0) is 47.9. The Labute approximate surface area is 385 Å². The number of ether oxygens (including phenoxy) is 6. The molecule has 0 saturated carbocycles. The molecule has 13 nitrogen and oxygen atoms in total. The van der Waals surface area contributed by atoms with Crippen molar-refractivity contribution in [3.8, 4) is 17.6 Å². The molecule has 1 heterocycles. The lowest BCUT2D eigenvalue weighted by Crippen LogP contribution is -2.57. The highest BCUT2D eigenvalue weighted by molar-refractivity contribution is 6.74. The van der Waals surface area contributed by atoms with Gasteiger partial charge in [-0.05, 0) is 89.2 Å². The molecule has 1 saturated heterocycles. The smallest absolute Gasteiger partial charge is 0.344 e. The molecular weight excluding hydrogens is 835 g/mol. The van der Waals surface area contributed by atoms with Crippen molar-refractivity contribution in [1.29, 1.82) is 0 Å². The van der Waals surface area contributed by atoms with Crippen molar-refractivity contribution in [3.63, 3.8) is 0 Å². The van der Waals surface area contributed by atoms with E-state index in [-0.39, 0.29) is 31.1 Å². The topological polar surface area (TPSA) is 165 Å². The van der Waals surface area contributed by atoms with Gasteiger partial charge in [-0.25, -0.2) is 14.4 Å². The van der Waals surface area contributed by atoms with Crippen LogP contribution in [0, 0.1) is 17.8 Å². The molecule has 1 aliphatic rings. The fourth-order valence-electron chi connectivity index (χ4n) is 6.94. The van der Waals surface area contributed by atoms with Gasteiger partial charge in [0.2, 0.25) is 5.91 Å². The maximum Gasteiger partial charge on any atom is 0.344 e. The first kappa shape index (κ1) is 56.4. The Hall–Kier alpha value is -3.74. The van der Waals surface area contributed by atoms with Gasteiger partial charge in [0, 0.05) is 32.3 Å². The summed E-state index contributed by atoms with van der Waals surface area (Å²) in [7, 11) is -1.19. The molecule has 0 radical (unpaired) electrons. The highest BCUT2D eigenvalue weighted by atomic mass is 28.4. The molecule has 0 aliphatic carbocycles. The van der Waals surface area contributed by atoms with Crippen LogP contribution in [0.2, 0.25) is 18.1 Å². The lowest BCUT2D eigenvalue weighted by molar-refractivity contribution is -0.185. The van der Waals surface area contributed by atoms with Gasteiger partial charge in [-0.1, -0.05) is 96.4 Å². The number of esters is 3. The van der Waals surface area contributed by atoms with Crippen molar-refractivity contribution in [2.45, 2.75) is 186 Å². The van der Waals surface area contributed by atoms with Crippen molar-refractivity contribution in [3.05, 3.63) is 42.0 Å². The number of nitrogens with one attached hydrogen (secondary N) is 1. The summed E-state index contributed by atoms with van der Waals surface area (Å²) in [5, 5.41) is 15.2. The van der Waals surface area contributed by atoms with Crippen LogP contribution < -0.4 is 10.1 Å². The molecule has 0 bridgehead atoms. The maximum atomic E-state index is 14.6. The average molecular weight is 916 g/mol. The van der Waals surface area contributed by atoms with Crippen molar-refractivity contribution in [1.82, 2.24) is 5.32 Å². The van der Waals surface area contributed by atoms with Crippen LogP contribution in [-0.4, -0.2) is 100 Å². The quantitative estimate of drug-likeness (QED) is 0.0196. The number of hydrogen-bond acceptors (Lipinski definition) is 12. The van der Waals surface area contributed by atoms with E-state index in [0.717, 1.165) is 44.9 Å². The van der Waals surface area contributed by atoms with Gasteiger partial charge >= 0.3 is 17.9 Å². The lowest BCUT2D eigenvalue weighted by atomic mass is 9.82. The summed E-state index contributed by atoms with van der Waals surface area (Å²) in [6.45, 7) is 20.1. The Morgan fingerprint density at radius 1 is 0.922 bits per heavy atom. The number of unbranched alkanes of at least 4 members (excludes halogenated alkanes) is 8. The Balaban J connectivity index is 2.40. The predicted octanol–water partition coefficient (Wildman–Crippen LogP) is 8.93. The second-order valence-electron chi connectivity index (χ2n) is 19.2. The van der Waals surface area contributed by atoms with E-state index in [9.17, 15) is 24.3 Å². The second-order valence-corrected chi connectivity index (χ2v) is 24.0. The van der Waals surface area contributed by atoms with Crippen LogP contribution in [0.4, 0.5) is 0 Å². The summed E-state index contributed by atoms with van der Waals surface area (Å²) in [6.07, 6.45) is 14.9. The molecular formula is C50H81NO12Si. The van der Waals surface area contributed by atoms with Crippen LogP contribution in [0.5, 0.6) is 5.75 Å². The first-order valence-electron chi connectivity index (χ1n) is 23.3. The van der Waals surface area contributed by atoms with Crippen LogP contribution >= 0.6 is 0 Å². The van der Waals surface area contributed by atoms with Crippen molar-refractivity contribution < 1.29 is 57.1 Å². The first-order chi connectivity index (χ1) is 30.1. The van der Waals surface area contributed by atoms with Crippen LogP contribution in [0.15, 0.2) is 36.4 Å². The van der Waals surface area contributed by atoms with E-state index in [4.69, 9.17) is 28.1 Å². The van der Waals surface area contributed by atoms with Gasteiger partial charge in [-0.3, -0.25) is 4.79 Å². The average Bonchev–Trinajstić information content (AvgIpc) is 3.69. The molecule has 1 aromatic rings. The number of hydrogen-bond donors (Lipinski definition) is 2. The summed E-state index contributed by atoms with van der Waals surface area (Å²) >= 11 is 0. The van der Waals surface area contributed by atoms with Crippen LogP contribution in [0.3, 0.4) is 0 Å². The third-order valence-corrected chi connectivity index (χ3v) is 16.3. The molecule has 3 atom stereocenters. The molecule has 2 N–H and O–H groups in total. The largest absolute Gasteiger partial charge is 0.481 e. The van der Waals surface area contributed by atoms with E-state index in [1.807, 2.05) is 0 Å². The Kier molecular flexibility index (Phi) is 24.4. The Morgan fingerprint density at radius 3 is 2.09 bits per heavy atom. The van der Waals surface area contributed by atoms with Gasteiger partial charge in [0.25, 0.3) is 0 Å². The van der Waals surface area contributed by atoms with Crippen molar-refractivity contribution in [2.75, 3.05) is 40.1 Å². The molecule has 0 spiro atoms. The van der Waals surface area contributed by atoms with E-state index in [0.29, 0.717) is 30.9 Å². The number of methoxy groups -OCH3 is 1. The molecule has 0 unspecified atom stereocenters. The fourth-order valence-corrected chi connectivity index (χ4v) is 7.98. The molecule has 64 heavy (non-hydrogen) atoms. The molecule has 1 amide bonds. The monoisotopic (exact) mass is 916 g/mol. The standard InChI is InChI=1S/C50H81NO12Si/c1-12-14-16-20-23-30-49(60-35-36-61-49)31-24-21-18-17-19-22-25-41(50(56,46(55)63-47(3,4)5)32-34-62-64(10,11)48(6,7)8)44(53)51-42(45(54)59-38-43(52)57-9)37-39-26-28-40(29-27-39)58-33-15-13-2/h22,25-29,41-42,56H,12,14,16-21,23-24,30-38H2,1-11H3,(H,51,53)/b25-22+/t41-,42+,50+/m1/s1. The van der Waals surface area contributed by atoms with Gasteiger partial charge < -0.3 is 43.3 Å². The fraction of sp³-hybridized carbons (Fsp3) is 0.720. The molecule has 1 fully saturated rings. The number of amides is 1. The zero-order valence-corrected chi connectivity index (χ0v) is 42.0. The van der Waals surface area contributed by atoms with Gasteiger partial charge in [-0.15, -0.1) is 5.92 Å². The van der Waals surface area contributed by atoms with E-state index in [2.05, 4.69) is 62.7 Å². The van der Waals surface area contributed by atoms with Crippen molar-refractivity contribution >= 4 is 32.1 Å². The number of carbonyl (C=O) groups is 4. The van der Waals surface area contributed by atoms with Gasteiger partial charge in [0.1, 0.15) is 24.0 Å². The highest BCUT2D eigenvalue weighted by Gasteiger charge is 2.50. The minimum Gasteiger partial charge on any atom is -0.481 e. The second kappa shape index (κ2) is 27.7. The number of allylic oxidation sites excluding steroid dienone is 1. The zero-order valence-electron chi connectivity index (χ0n) is 41.0. The molecule has 1 aliphatic heterocycles. The van der Waals surface area contributed by atoms with E-state index in [1.165, 1.54) is 38.9 Å². The number of carbonyl (C=O) groups excluding carboxylic acids is 4. The summed E-state index contributed by atoms with van der Waals surface area (Å²) in [6, 6.07) is 5.56. The van der Waals surface area contributed by atoms with E-state index >= 15 is 0 Å². The maximum absolute atomic E-state index is 14.6. The van der Waals surface area contributed by atoms with Crippen LogP contribution in [0.25, 0.3) is 0 Å². The Morgan fingerprint density at radius 2 is 1.53 bits per heavy atom. The third-order valence-electron chi connectivity index (χ3n) is 11.8. The minimum absolute atomic E-state index is 0.0274. The SMILES string of the molecule is CC#CCOc1ccc(C[C@H](NC(=O)[C@@H](/C=C/CCCCCCC2(CCCCCCC)OCCO2)[C@@](O)(CCO[Si](C)(C)C(C)(C)C)C(=O)OC(C)(C)C)C(=O)OCC(=O)OC)cc1. The summed E-state index contributed by atoms with van der Waals surface area (Å²) < 4.78 is 40.0. The van der Waals surface area contributed by atoms with Crippen molar-refractivity contribution in [2.24, 2.45) is 5.92 Å². The first-order valence-corrected chi connectivity index (χ1v) is 26.2.